The number of aryl methyl sites for hydroxylation is 1. The van der Waals surface area contributed by atoms with E-state index in [1.165, 1.54) is 18.2 Å². The molecule has 22 heavy (non-hydrogen) atoms. The molecule has 0 saturated heterocycles. The van der Waals surface area contributed by atoms with Gasteiger partial charge >= 0.3 is 0 Å². The van der Waals surface area contributed by atoms with E-state index in [-0.39, 0.29) is 16.7 Å². The summed E-state index contributed by atoms with van der Waals surface area (Å²) in [6.45, 7) is 1.44. The Labute approximate surface area is 133 Å². The quantitative estimate of drug-likeness (QED) is 0.902. The third kappa shape index (κ3) is 3.06. The van der Waals surface area contributed by atoms with Crippen molar-refractivity contribution in [2.24, 2.45) is 0 Å². The minimum Gasteiger partial charge on any atom is -0.506 e. The number of carbonyl (C=O) groups is 1. The number of rotatable bonds is 4. The first-order chi connectivity index (χ1) is 10.6. The zero-order valence-corrected chi connectivity index (χ0v) is 12.8. The molecule has 1 amide bonds. The lowest BCUT2D eigenvalue weighted by Crippen LogP contribution is -2.26. The molecule has 0 atom stereocenters. The molecule has 0 fully saturated rings. The number of nitrogens with zero attached hydrogens (tertiary/aromatic N) is 3. The molecule has 0 bridgehead atoms. The van der Waals surface area contributed by atoms with Gasteiger partial charge in [0.2, 0.25) is 0 Å². The van der Waals surface area contributed by atoms with Crippen LogP contribution in [0.2, 0.25) is 5.02 Å². The van der Waals surface area contributed by atoms with Crippen LogP contribution in [0.3, 0.4) is 0 Å². The number of aromatic nitrogens is 3. The zero-order valence-electron chi connectivity index (χ0n) is 12.0. The SMILES string of the molecule is O=C(NCCc1nnc2n1CCCC2)c1ccc(O)c(Cl)c1. The number of nitrogens with one attached hydrogen (secondary N) is 1. The predicted molar refractivity (Wildman–Crippen MR) is 82.1 cm³/mol. The Morgan fingerprint density at radius 1 is 1.36 bits per heavy atom. The molecule has 7 heteroatoms. The van der Waals surface area contributed by atoms with Crippen molar-refractivity contribution in [3.05, 3.63) is 40.4 Å². The topological polar surface area (TPSA) is 80.0 Å². The molecule has 1 aliphatic heterocycles. The number of phenolic OH excluding ortho intramolecular Hbond substituents is 1. The van der Waals surface area contributed by atoms with Crippen LogP contribution >= 0.6 is 11.6 Å². The van der Waals surface area contributed by atoms with Gasteiger partial charge in [-0.2, -0.15) is 0 Å². The molecule has 1 aliphatic rings. The van der Waals surface area contributed by atoms with Crippen LogP contribution in [-0.2, 0) is 19.4 Å². The molecule has 2 heterocycles. The summed E-state index contributed by atoms with van der Waals surface area (Å²) in [5, 5.41) is 20.7. The normalized spacial score (nSPS) is 13.7. The highest BCUT2D eigenvalue weighted by Gasteiger charge is 2.15. The predicted octanol–water partition coefficient (Wildman–Crippen LogP) is 1.95. The highest BCUT2D eigenvalue weighted by atomic mass is 35.5. The maximum absolute atomic E-state index is 12.0. The van der Waals surface area contributed by atoms with E-state index in [2.05, 4.69) is 20.1 Å². The third-order valence-electron chi connectivity index (χ3n) is 3.78. The van der Waals surface area contributed by atoms with Crippen LogP contribution < -0.4 is 5.32 Å². The van der Waals surface area contributed by atoms with Crippen LogP contribution in [0.15, 0.2) is 18.2 Å². The van der Waals surface area contributed by atoms with Gasteiger partial charge < -0.3 is 15.0 Å². The lowest BCUT2D eigenvalue weighted by Gasteiger charge is -2.14. The molecule has 0 saturated carbocycles. The summed E-state index contributed by atoms with van der Waals surface area (Å²) in [5.41, 5.74) is 0.422. The van der Waals surface area contributed by atoms with E-state index in [1.54, 1.807) is 0 Å². The van der Waals surface area contributed by atoms with Crippen LogP contribution in [0.5, 0.6) is 5.75 Å². The molecule has 0 unspecified atom stereocenters. The van der Waals surface area contributed by atoms with Crippen molar-refractivity contribution in [3.8, 4) is 5.75 Å². The molecule has 0 aliphatic carbocycles. The Balaban J connectivity index is 1.57. The van der Waals surface area contributed by atoms with Gasteiger partial charge in [-0.3, -0.25) is 4.79 Å². The molecule has 116 valence electrons. The van der Waals surface area contributed by atoms with E-state index in [1.807, 2.05) is 0 Å². The smallest absolute Gasteiger partial charge is 0.251 e. The molecule has 3 rings (SSSR count). The Kier molecular flexibility index (Phi) is 4.29. The fraction of sp³-hybridized carbons (Fsp3) is 0.400. The van der Waals surface area contributed by atoms with Gasteiger partial charge in [-0.25, -0.2) is 0 Å². The van der Waals surface area contributed by atoms with Crippen molar-refractivity contribution in [2.75, 3.05) is 6.54 Å². The first kappa shape index (κ1) is 14.8. The molecule has 1 aromatic heterocycles. The number of halogens is 1. The minimum atomic E-state index is -0.222. The molecule has 1 aromatic carbocycles. The molecule has 6 nitrogen and oxygen atoms in total. The van der Waals surface area contributed by atoms with E-state index >= 15 is 0 Å². The molecule has 2 aromatic rings. The summed E-state index contributed by atoms with van der Waals surface area (Å²) >= 11 is 5.80. The fourth-order valence-corrected chi connectivity index (χ4v) is 2.77. The van der Waals surface area contributed by atoms with Crippen molar-refractivity contribution in [1.82, 2.24) is 20.1 Å². The van der Waals surface area contributed by atoms with Gasteiger partial charge in [0.15, 0.2) is 0 Å². The van der Waals surface area contributed by atoms with Crippen LogP contribution in [0.25, 0.3) is 0 Å². The molecule has 0 spiro atoms. The van der Waals surface area contributed by atoms with Crippen molar-refractivity contribution in [2.45, 2.75) is 32.2 Å². The maximum atomic E-state index is 12.0. The zero-order chi connectivity index (χ0) is 15.5. The van der Waals surface area contributed by atoms with E-state index in [0.717, 1.165) is 37.5 Å². The van der Waals surface area contributed by atoms with Gasteiger partial charge in [0.05, 0.1) is 5.02 Å². The van der Waals surface area contributed by atoms with Gasteiger partial charge in [0, 0.05) is 31.5 Å². The average molecular weight is 321 g/mol. The first-order valence-corrected chi connectivity index (χ1v) is 7.70. The van der Waals surface area contributed by atoms with Gasteiger partial charge in [0.1, 0.15) is 17.4 Å². The fourth-order valence-electron chi connectivity index (χ4n) is 2.59. The van der Waals surface area contributed by atoms with Crippen molar-refractivity contribution < 1.29 is 9.90 Å². The number of carbonyl (C=O) groups excluding carboxylic acids is 1. The Morgan fingerprint density at radius 2 is 2.23 bits per heavy atom. The first-order valence-electron chi connectivity index (χ1n) is 7.33. The molecular formula is C15H17ClN4O2. The number of fused-ring (bicyclic) bond motifs is 1. The second kappa shape index (κ2) is 6.36. The van der Waals surface area contributed by atoms with Gasteiger partial charge in [-0.05, 0) is 31.0 Å². The van der Waals surface area contributed by atoms with Gasteiger partial charge in [-0.1, -0.05) is 11.6 Å². The molecule has 0 radical (unpaired) electrons. The van der Waals surface area contributed by atoms with Gasteiger partial charge in [-0.15, -0.1) is 10.2 Å². The summed E-state index contributed by atoms with van der Waals surface area (Å²) in [6.07, 6.45) is 3.93. The lowest BCUT2D eigenvalue weighted by molar-refractivity contribution is 0.0954. The largest absolute Gasteiger partial charge is 0.506 e. The summed E-state index contributed by atoms with van der Waals surface area (Å²) in [4.78, 5) is 12.0. The Hall–Kier alpha value is -2.08. The molecule has 2 N–H and O–H groups in total. The van der Waals surface area contributed by atoms with Crippen LogP contribution in [-0.4, -0.2) is 32.3 Å². The van der Waals surface area contributed by atoms with Crippen molar-refractivity contribution in [3.63, 3.8) is 0 Å². The summed E-state index contributed by atoms with van der Waals surface area (Å²) in [7, 11) is 0. The molecular weight excluding hydrogens is 304 g/mol. The average Bonchev–Trinajstić information content (AvgIpc) is 2.93. The van der Waals surface area contributed by atoms with E-state index in [9.17, 15) is 9.90 Å². The number of amides is 1. The van der Waals surface area contributed by atoms with Crippen molar-refractivity contribution in [1.29, 1.82) is 0 Å². The Bertz CT molecular complexity index is 699. The monoisotopic (exact) mass is 320 g/mol. The number of benzene rings is 1. The third-order valence-corrected chi connectivity index (χ3v) is 4.08. The lowest BCUT2D eigenvalue weighted by atomic mass is 10.1. The maximum Gasteiger partial charge on any atom is 0.251 e. The second-order valence-electron chi connectivity index (χ2n) is 5.31. The number of phenols is 1. The van der Waals surface area contributed by atoms with Crippen LogP contribution in [0.4, 0.5) is 0 Å². The van der Waals surface area contributed by atoms with E-state index in [0.29, 0.717) is 18.5 Å². The number of hydrogen-bond donors (Lipinski definition) is 2. The highest BCUT2D eigenvalue weighted by molar-refractivity contribution is 6.32. The minimum absolute atomic E-state index is 0.0340. The second-order valence-corrected chi connectivity index (χ2v) is 5.72. The number of aromatic hydroxyl groups is 1. The van der Waals surface area contributed by atoms with E-state index in [4.69, 9.17) is 11.6 Å². The van der Waals surface area contributed by atoms with Crippen molar-refractivity contribution >= 4 is 17.5 Å². The Morgan fingerprint density at radius 3 is 3.05 bits per heavy atom. The van der Waals surface area contributed by atoms with Crippen LogP contribution in [0, 0.1) is 0 Å². The van der Waals surface area contributed by atoms with Crippen LogP contribution in [0.1, 0.15) is 34.8 Å². The van der Waals surface area contributed by atoms with Gasteiger partial charge in [0.25, 0.3) is 5.91 Å². The standard InChI is InChI=1S/C15H17ClN4O2/c16-11-9-10(4-5-12(11)21)15(22)17-7-6-14-19-18-13-3-1-2-8-20(13)14/h4-5,9,21H,1-3,6-8H2,(H,17,22). The summed E-state index contributed by atoms with van der Waals surface area (Å²) < 4.78 is 2.15. The highest BCUT2D eigenvalue weighted by Crippen LogP contribution is 2.23. The summed E-state index contributed by atoms with van der Waals surface area (Å²) in [5.74, 6) is 1.70. The summed E-state index contributed by atoms with van der Waals surface area (Å²) in [6, 6.07) is 4.40. The number of hydrogen-bond acceptors (Lipinski definition) is 4. The van der Waals surface area contributed by atoms with E-state index < -0.39 is 0 Å².